The number of ketones is 2. The Morgan fingerprint density at radius 3 is 1.40 bits per heavy atom. The van der Waals surface area contributed by atoms with E-state index >= 15 is 0 Å². The van der Waals surface area contributed by atoms with E-state index in [1.54, 1.807) is 68.0 Å². The monoisotopic (exact) mass is 946 g/mol. The summed E-state index contributed by atoms with van der Waals surface area (Å²) in [6.45, 7) is 4.05. The van der Waals surface area contributed by atoms with Crippen LogP contribution in [0, 0.1) is 0 Å². The predicted molar refractivity (Wildman–Crippen MR) is 273 cm³/mol. The summed E-state index contributed by atoms with van der Waals surface area (Å²) in [6.07, 6.45) is 4.71. The summed E-state index contributed by atoms with van der Waals surface area (Å²) < 4.78 is 24.9. The molecule has 2 fully saturated rings. The maximum absolute atomic E-state index is 13.8. The average molecular weight is 947 g/mol. The third-order valence-corrected chi connectivity index (χ3v) is 14.9. The van der Waals surface area contributed by atoms with Gasteiger partial charge in [-0.1, -0.05) is 0 Å². The molecular weight excluding hydrogens is 893 g/mol. The molecule has 0 bridgehead atoms. The van der Waals surface area contributed by atoms with Gasteiger partial charge < -0.3 is 39.0 Å². The maximum atomic E-state index is 13.8. The fourth-order valence-electron chi connectivity index (χ4n) is 8.98. The second-order valence-corrected chi connectivity index (χ2v) is 19.5. The molecule has 0 aliphatic carbocycles. The first-order chi connectivity index (χ1) is 33.0. The van der Waals surface area contributed by atoms with Gasteiger partial charge in [-0.25, -0.2) is 0 Å². The van der Waals surface area contributed by atoms with Crippen molar-refractivity contribution in [2.75, 3.05) is 54.5 Å². The Morgan fingerprint density at radius 1 is 0.515 bits per heavy atom. The molecule has 2 unspecified atom stereocenters. The molecule has 4 heterocycles. The minimum absolute atomic E-state index is 0.00353. The Labute approximate surface area is 404 Å². The number of phenols is 2. The highest BCUT2D eigenvalue weighted by Crippen LogP contribution is 2.43. The number of hydrogen-bond donors (Lipinski definition) is 2. The van der Waals surface area contributed by atoms with Crippen LogP contribution in [0.25, 0.3) is 41.1 Å². The highest BCUT2D eigenvalue weighted by atomic mass is 32.1. The van der Waals surface area contributed by atoms with Crippen LogP contribution >= 0.6 is 22.7 Å². The summed E-state index contributed by atoms with van der Waals surface area (Å²) in [6, 6.07) is 40.5. The minimum Gasteiger partial charge on any atom is -0.508 e. The fourth-order valence-corrected chi connectivity index (χ4v) is 11.4. The van der Waals surface area contributed by atoms with E-state index < -0.39 is 0 Å². The van der Waals surface area contributed by atoms with E-state index in [1.807, 2.05) is 91.0 Å². The topological polar surface area (TPSA) is 118 Å². The molecular formula is C56H54N2O8S2. The lowest BCUT2D eigenvalue weighted by molar-refractivity contribution is 0.102. The minimum atomic E-state index is -0.0843. The molecule has 2 aliphatic rings. The van der Waals surface area contributed by atoms with Crippen molar-refractivity contribution in [3.8, 4) is 55.4 Å². The van der Waals surface area contributed by atoms with Crippen LogP contribution in [0.3, 0.4) is 0 Å². The number of fused-ring (bicyclic) bond motifs is 2. The number of rotatable bonds is 12. The second kappa shape index (κ2) is 20.7. The molecule has 68 heavy (non-hydrogen) atoms. The van der Waals surface area contributed by atoms with Gasteiger partial charge in [0, 0.05) is 65.3 Å². The standard InChI is InChI=1S/C29H29NO4S.C27H25NO4S/c1-30-16-4-5-24(18-30)34-22-12-6-19(7-13-22)28(31)27-25-15-14-23(33-3)17-26(25)35-29(27)20-8-10-21(32-2)11-9-20;1-28-14-2-3-22(16-28)32-21-11-6-17(7-12-21)26(31)25-23-13-10-20(30)15-24(23)33-27(25)18-4-8-19(29)9-5-18/h6-15,17,24H,4-5,16,18H2,1-3H3;4-13,15,22,29-30H,2-3,14,16H2,1H3. The van der Waals surface area contributed by atoms with Gasteiger partial charge in [0.2, 0.25) is 0 Å². The number of thiophene rings is 2. The molecule has 6 aromatic carbocycles. The summed E-state index contributed by atoms with van der Waals surface area (Å²) in [5, 5.41) is 21.4. The number of ether oxygens (including phenoxy) is 4. The third-order valence-electron chi connectivity index (χ3n) is 12.5. The van der Waals surface area contributed by atoms with Crippen molar-refractivity contribution >= 4 is 54.4 Å². The largest absolute Gasteiger partial charge is 0.508 e. The van der Waals surface area contributed by atoms with Gasteiger partial charge in [0.1, 0.15) is 46.7 Å². The molecule has 12 heteroatoms. The van der Waals surface area contributed by atoms with Crippen molar-refractivity contribution in [2.45, 2.75) is 37.9 Å². The van der Waals surface area contributed by atoms with E-state index in [-0.39, 0.29) is 35.3 Å². The van der Waals surface area contributed by atoms with Crippen LogP contribution in [0.2, 0.25) is 0 Å². The number of benzene rings is 6. The van der Waals surface area contributed by atoms with Crippen LogP contribution in [0.15, 0.2) is 133 Å². The van der Waals surface area contributed by atoms with Crippen LogP contribution in [0.4, 0.5) is 0 Å². The number of nitrogens with zero attached hydrogens (tertiary/aromatic N) is 2. The average Bonchev–Trinajstić information content (AvgIpc) is 3.93. The SMILES string of the molecule is CN1CCCC(Oc2ccc(C(=O)c3c(-c4ccc(O)cc4)sc4cc(O)ccc34)cc2)C1.COc1ccc(-c2sc3cc(OC)ccc3c2C(=O)c2ccc(OC3CCCN(C)C3)cc2)cc1. The second-order valence-electron chi connectivity index (χ2n) is 17.4. The molecule has 2 aromatic heterocycles. The number of carbonyl (C=O) groups is 2. The Balaban J connectivity index is 0.000000170. The molecule has 0 saturated carbocycles. The van der Waals surface area contributed by atoms with Gasteiger partial charge in [-0.2, -0.15) is 0 Å². The summed E-state index contributed by atoms with van der Waals surface area (Å²) in [4.78, 5) is 33.8. The van der Waals surface area contributed by atoms with Crippen LogP contribution in [0.5, 0.6) is 34.5 Å². The maximum Gasteiger partial charge on any atom is 0.195 e. The van der Waals surface area contributed by atoms with Gasteiger partial charge in [0.15, 0.2) is 11.6 Å². The van der Waals surface area contributed by atoms with Gasteiger partial charge in [0.05, 0.1) is 14.2 Å². The normalized spacial score (nSPS) is 16.5. The molecule has 0 radical (unpaired) electrons. The van der Waals surface area contributed by atoms with Crippen molar-refractivity contribution in [1.29, 1.82) is 0 Å². The molecule has 2 saturated heterocycles. The van der Waals surface area contributed by atoms with Crippen molar-refractivity contribution in [3.63, 3.8) is 0 Å². The van der Waals surface area contributed by atoms with Gasteiger partial charge >= 0.3 is 0 Å². The first-order valence-electron chi connectivity index (χ1n) is 22.8. The number of hydrogen-bond acceptors (Lipinski definition) is 12. The summed E-state index contributed by atoms with van der Waals surface area (Å²) >= 11 is 3.05. The first kappa shape index (κ1) is 46.4. The van der Waals surface area contributed by atoms with E-state index in [9.17, 15) is 19.8 Å². The van der Waals surface area contributed by atoms with E-state index in [0.29, 0.717) is 22.3 Å². The lowest BCUT2D eigenvalue weighted by Crippen LogP contribution is -2.38. The van der Waals surface area contributed by atoms with E-state index in [2.05, 4.69) is 23.9 Å². The Hall–Kier alpha value is -6.70. The van der Waals surface area contributed by atoms with Crippen LogP contribution in [-0.2, 0) is 0 Å². The lowest BCUT2D eigenvalue weighted by Gasteiger charge is -2.30. The third kappa shape index (κ3) is 10.4. The van der Waals surface area contributed by atoms with Crippen LogP contribution in [0.1, 0.15) is 57.5 Å². The fraction of sp³-hybridized carbons (Fsp3) is 0.250. The summed E-state index contributed by atoms with van der Waals surface area (Å²) in [7, 11) is 7.53. The van der Waals surface area contributed by atoms with E-state index in [4.69, 9.17) is 18.9 Å². The van der Waals surface area contributed by atoms with Gasteiger partial charge in [0.25, 0.3) is 0 Å². The molecule has 2 aliphatic heterocycles. The molecule has 10 nitrogen and oxygen atoms in total. The van der Waals surface area contributed by atoms with Crippen molar-refractivity contribution in [1.82, 2.24) is 9.80 Å². The van der Waals surface area contributed by atoms with Gasteiger partial charge in [-0.15, -0.1) is 22.7 Å². The molecule has 10 rings (SSSR count). The molecule has 0 spiro atoms. The van der Waals surface area contributed by atoms with E-state index in [1.165, 1.54) is 11.3 Å². The summed E-state index contributed by atoms with van der Waals surface area (Å²) in [5.74, 6) is 3.37. The van der Waals surface area contributed by atoms with Crippen LogP contribution in [-0.4, -0.2) is 98.3 Å². The van der Waals surface area contributed by atoms with Crippen molar-refractivity contribution < 1.29 is 38.7 Å². The van der Waals surface area contributed by atoms with Gasteiger partial charge in [-0.05, 0) is 197 Å². The van der Waals surface area contributed by atoms with E-state index in [0.717, 1.165) is 116 Å². The zero-order valence-electron chi connectivity index (χ0n) is 38.6. The Kier molecular flexibility index (Phi) is 14.1. The highest BCUT2D eigenvalue weighted by Gasteiger charge is 2.25. The Bertz CT molecular complexity index is 3040. The zero-order valence-corrected chi connectivity index (χ0v) is 40.2. The van der Waals surface area contributed by atoms with Crippen molar-refractivity contribution in [3.05, 3.63) is 156 Å². The number of aromatic hydroxyl groups is 2. The molecule has 348 valence electrons. The number of phenolic OH excluding ortho intramolecular Hbond substituents is 2. The van der Waals surface area contributed by atoms with Gasteiger partial charge in [-0.3, -0.25) is 9.59 Å². The molecule has 2 N–H and O–H groups in total. The number of likely N-dealkylation sites (tertiary alicyclic amines) is 2. The molecule has 0 amide bonds. The smallest absolute Gasteiger partial charge is 0.195 e. The lowest BCUT2D eigenvalue weighted by atomic mass is 9.97. The van der Waals surface area contributed by atoms with Crippen LogP contribution < -0.4 is 18.9 Å². The Morgan fingerprint density at radius 2 is 0.926 bits per heavy atom. The number of carbonyl (C=O) groups excluding carboxylic acids is 2. The highest BCUT2D eigenvalue weighted by molar-refractivity contribution is 7.23. The zero-order chi connectivity index (χ0) is 47.3. The number of piperidine rings is 2. The van der Waals surface area contributed by atoms with Crippen molar-refractivity contribution in [2.24, 2.45) is 0 Å². The number of likely N-dealkylation sites (N-methyl/N-ethyl adjacent to an activating group) is 2. The summed E-state index contributed by atoms with van der Waals surface area (Å²) in [5.41, 5.74) is 4.36. The molecule has 2 atom stereocenters. The quantitative estimate of drug-likeness (QED) is 0.115. The predicted octanol–water partition coefficient (Wildman–Crippen LogP) is 12.0. The first-order valence-corrected chi connectivity index (χ1v) is 24.5. The number of methoxy groups -OCH3 is 2. The molecule has 8 aromatic rings.